The van der Waals surface area contributed by atoms with E-state index in [4.69, 9.17) is 4.74 Å². The van der Waals surface area contributed by atoms with Crippen LogP contribution >= 0.6 is 0 Å². The van der Waals surface area contributed by atoms with Crippen LogP contribution in [0.2, 0.25) is 0 Å². The van der Waals surface area contributed by atoms with Gasteiger partial charge in [0.25, 0.3) is 10.0 Å². The van der Waals surface area contributed by atoms with Gasteiger partial charge in [0.15, 0.2) is 9.84 Å². The zero-order chi connectivity index (χ0) is 20.8. The van der Waals surface area contributed by atoms with Crippen molar-refractivity contribution in [3.05, 3.63) is 59.7 Å². The van der Waals surface area contributed by atoms with Crippen LogP contribution in [0.25, 0.3) is 0 Å². The maximum Gasteiger partial charge on any atom is 0.256 e. The predicted octanol–water partition coefficient (Wildman–Crippen LogP) is 2.11. The maximum absolute atomic E-state index is 13.2. The van der Waals surface area contributed by atoms with Gasteiger partial charge in [0.1, 0.15) is 6.23 Å². The smallest absolute Gasteiger partial charge is 0.256 e. The molecule has 0 bridgehead atoms. The van der Waals surface area contributed by atoms with Crippen molar-refractivity contribution in [2.75, 3.05) is 19.7 Å². The summed E-state index contributed by atoms with van der Waals surface area (Å²) in [4.78, 5) is 0.439. The Balaban J connectivity index is 1.62. The van der Waals surface area contributed by atoms with Gasteiger partial charge in [-0.2, -0.15) is 5.01 Å². The standard InChI is InChI=1S/C20H24N2O5S2/c1-15-3-7-17(8-4-15)28(23,24)19-13-20-21(14-19)22(11-12-27-20)29(25,26)18-9-5-16(2)6-10-18/h3-10,19-20H,11-14H2,1-2H3/t19?,20-/m0/s1. The van der Waals surface area contributed by atoms with Gasteiger partial charge in [-0.1, -0.05) is 35.4 Å². The molecule has 2 saturated heterocycles. The van der Waals surface area contributed by atoms with Gasteiger partial charge in [0.2, 0.25) is 0 Å². The number of rotatable bonds is 4. The highest BCUT2D eigenvalue weighted by Crippen LogP contribution is 2.34. The van der Waals surface area contributed by atoms with E-state index in [9.17, 15) is 16.8 Å². The third-order valence-corrected chi connectivity index (χ3v) is 9.42. The third kappa shape index (κ3) is 3.73. The summed E-state index contributed by atoms with van der Waals surface area (Å²) in [6.45, 7) is 4.25. The average molecular weight is 437 g/mol. The van der Waals surface area contributed by atoms with E-state index >= 15 is 0 Å². The summed E-state index contributed by atoms with van der Waals surface area (Å²) in [5.74, 6) is 0. The third-order valence-electron chi connectivity index (χ3n) is 5.45. The van der Waals surface area contributed by atoms with Gasteiger partial charge in [-0.25, -0.2) is 16.8 Å². The number of sulfone groups is 1. The summed E-state index contributed by atoms with van der Waals surface area (Å²) < 4.78 is 59.6. The molecule has 0 amide bonds. The molecule has 2 fully saturated rings. The maximum atomic E-state index is 13.2. The molecule has 4 rings (SSSR count). The van der Waals surface area contributed by atoms with Crippen molar-refractivity contribution in [2.24, 2.45) is 0 Å². The van der Waals surface area contributed by atoms with E-state index in [0.29, 0.717) is 0 Å². The molecule has 2 aromatic rings. The lowest BCUT2D eigenvalue weighted by molar-refractivity contribution is -0.153. The van der Waals surface area contributed by atoms with Crippen molar-refractivity contribution < 1.29 is 21.6 Å². The van der Waals surface area contributed by atoms with Gasteiger partial charge in [0.05, 0.1) is 28.2 Å². The van der Waals surface area contributed by atoms with Crippen LogP contribution in [0.15, 0.2) is 58.3 Å². The Kier molecular flexibility index (Phi) is 5.28. The summed E-state index contributed by atoms with van der Waals surface area (Å²) in [5.41, 5.74) is 1.95. The van der Waals surface area contributed by atoms with E-state index in [2.05, 4.69) is 0 Å². The Morgan fingerprint density at radius 2 is 1.41 bits per heavy atom. The number of hydrazine groups is 1. The fourth-order valence-electron chi connectivity index (χ4n) is 3.77. The molecule has 2 heterocycles. The monoisotopic (exact) mass is 436 g/mol. The number of aryl methyl sites for hydroxylation is 2. The van der Waals surface area contributed by atoms with Gasteiger partial charge < -0.3 is 4.74 Å². The minimum Gasteiger partial charge on any atom is -0.360 e. The van der Waals surface area contributed by atoms with Crippen molar-refractivity contribution in [3.63, 3.8) is 0 Å². The molecular weight excluding hydrogens is 412 g/mol. The second-order valence-electron chi connectivity index (χ2n) is 7.53. The molecule has 0 radical (unpaired) electrons. The molecular formula is C20H24N2O5S2. The first kappa shape index (κ1) is 20.5. The Morgan fingerprint density at radius 1 is 0.862 bits per heavy atom. The number of benzene rings is 2. The second-order valence-corrected chi connectivity index (χ2v) is 11.6. The molecule has 2 aromatic carbocycles. The number of fused-ring (bicyclic) bond motifs is 1. The number of ether oxygens (including phenoxy) is 1. The number of hydrogen-bond donors (Lipinski definition) is 0. The van der Waals surface area contributed by atoms with Crippen molar-refractivity contribution in [1.29, 1.82) is 0 Å². The lowest BCUT2D eigenvalue weighted by atomic mass is 10.2. The van der Waals surface area contributed by atoms with Gasteiger partial charge in [-0.3, -0.25) is 0 Å². The topological polar surface area (TPSA) is 84.0 Å². The summed E-state index contributed by atoms with van der Waals surface area (Å²) in [5, 5.41) is 0.818. The largest absolute Gasteiger partial charge is 0.360 e. The van der Waals surface area contributed by atoms with E-state index in [1.165, 1.54) is 4.41 Å². The fourth-order valence-corrected chi connectivity index (χ4v) is 6.92. The molecule has 0 aliphatic carbocycles. The molecule has 0 N–H and O–H groups in total. The van der Waals surface area contributed by atoms with Crippen molar-refractivity contribution in [3.8, 4) is 0 Å². The van der Waals surface area contributed by atoms with E-state index in [1.807, 2.05) is 13.8 Å². The molecule has 1 unspecified atom stereocenters. The quantitative estimate of drug-likeness (QED) is 0.730. The summed E-state index contributed by atoms with van der Waals surface area (Å²) in [6.07, 6.45) is -0.343. The normalized spacial score (nSPS) is 23.8. The van der Waals surface area contributed by atoms with Crippen LogP contribution in [-0.2, 0) is 24.6 Å². The van der Waals surface area contributed by atoms with Crippen LogP contribution < -0.4 is 0 Å². The highest BCUT2D eigenvalue weighted by Gasteiger charge is 2.48. The van der Waals surface area contributed by atoms with Crippen LogP contribution in [0.1, 0.15) is 17.5 Å². The number of hydrogen-bond acceptors (Lipinski definition) is 6. The SMILES string of the molecule is Cc1ccc(S(=O)(=O)C2C[C@@H]3OCCN(S(=O)(=O)c4ccc(C)cc4)N3C2)cc1. The zero-order valence-corrected chi connectivity index (χ0v) is 18.0. The Bertz CT molecular complexity index is 1100. The van der Waals surface area contributed by atoms with Crippen LogP contribution in [-0.4, -0.2) is 57.4 Å². The highest BCUT2D eigenvalue weighted by molar-refractivity contribution is 7.92. The molecule has 2 aliphatic heterocycles. The summed E-state index contributed by atoms with van der Waals surface area (Å²) in [7, 11) is -7.38. The molecule has 0 saturated carbocycles. The summed E-state index contributed by atoms with van der Waals surface area (Å²) in [6, 6.07) is 13.4. The first-order valence-corrected chi connectivity index (χ1v) is 12.5. The highest BCUT2D eigenvalue weighted by atomic mass is 32.2. The van der Waals surface area contributed by atoms with Gasteiger partial charge >= 0.3 is 0 Å². The first-order chi connectivity index (χ1) is 13.7. The van der Waals surface area contributed by atoms with E-state index in [1.54, 1.807) is 53.5 Å². The van der Waals surface area contributed by atoms with Crippen molar-refractivity contribution in [1.82, 2.24) is 9.42 Å². The number of nitrogens with zero attached hydrogens (tertiary/aromatic N) is 2. The predicted molar refractivity (Wildman–Crippen MR) is 108 cm³/mol. The Hall–Kier alpha value is -1.78. The molecule has 9 heteroatoms. The Morgan fingerprint density at radius 3 is 2.00 bits per heavy atom. The molecule has 2 atom stereocenters. The van der Waals surface area contributed by atoms with E-state index in [0.717, 1.165) is 11.1 Å². The van der Waals surface area contributed by atoms with Crippen molar-refractivity contribution >= 4 is 19.9 Å². The van der Waals surface area contributed by atoms with Gasteiger partial charge in [-0.15, -0.1) is 4.41 Å². The fraction of sp³-hybridized carbons (Fsp3) is 0.400. The molecule has 2 aliphatic rings. The number of sulfonamides is 1. The zero-order valence-electron chi connectivity index (χ0n) is 16.4. The minimum atomic E-state index is -3.79. The molecule has 156 valence electrons. The Labute approximate surface area is 171 Å². The molecule has 0 spiro atoms. The second kappa shape index (κ2) is 7.48. The minimum absolute atomic E-state index is 0.0754. The van der Waals surface area contributed by atoms with Crippen LogP contribution in [0.5, 0.6) is 0 Å². The lowest BCUT2D eigenvalue weighted by Gasteiger charge is -2.38. The van der Waals surface area contributed by atoms with Gasteiger partial charge in [0, 0.05) is 13.0 Å². The van der Waals surface area contributed by atoms with Crippen LogP contribution in [0, 0.1) is 13.8 Å². The molecule has 7 nitrogen and oxygen atoms in total. The molecule has 0 aromatic heterocycles. The van der Waals surface area contributed by atoms with Gasteiger partial charge in [-0.05, 0) is 38.1 Å². The van der Waals surface area contributed by atoms with Crippen LogP contribution in [0.4, 0.5) is 0 Å². The van der Waals surface area contributed by atoms with E-state index < -0.39 is 31.3 Å². The average Bonchev–Trinajstić information content (AvgIpc) is 3.14. The molecule has 29 heavy (non-hydrogen) atoms. The van der Waals surface area contributed by atoms with Crippen molar-refractivity contribution in [2.45, 2.75) is 41.5 Å². The lowest BCUT2D eigenvalue weighted by Crippen LogP contribution is -2.55. The van der Waals surface area contributed by atoms with E-state index in [-0.39, 0.29) is 35.9 Å². The van der Waals surface area contributed by atoms with Crippen LogP contribution in [0.3, 0.4) is 0 Å². The summed E-state index contributed by atoms with van der Waals surface area (Å²) >= 11 is 0. The first-order valence-electron chi connectivity index (χ1n) is 9.48.